The predicted octanol–water partition coefficient (Wildman–Crippen LogP) is 3.30. The van der Waals surface area contributed by atoms with Crippen LogP contribution in [0.15, 0.2) is 54.6 Å². The number of carbonyl (C=O) groups is 1. The van der Waals surface area contributed by atoms with Crippen molar-refractivity contribution in [1.29, 1.82) is 0 Å². The molecule has 0 unspecified atom stereocenters. The van der Waals surface area contributed by atoms with Crippen LogP contribution in [0.5, 0.6) is 5.75 Å². The average Bonchev–Trinajstić information content (AvgIpc) is 2.53. The van der Waals surface area contributed by atoms with Gasteiger partial charge in [-0.2, -0.15) is 0 Å². The lowest BCUT2D eigenvalue weighted by atomic mass is 10.2. The Bertz CT molecular complexity index is 639. The van der Waals surface area contributed by atoms with Crippen LogP contribution in [-0.4, -0.2) is 19.8 Å². The van der Waals surface area contributed by atoms with E-state index in [1.807, 2.05) is 30.3 Å². The Balaban J connectivity index is 1.78. The Labute approximate surface area is 123 Å². The fraction of sp³-hybridized carbons (Fsp3) is 0.118. The second-order valence-corrected chi connectivity index (χ2v) is 4.10. The molecular formula is C17H15NO3. The SMILES string of the molecule is COc1ccc(NC(=O)OCC#Cc2ccccc2)cc1. The van der Waals surface area contributed by atoms with E-state index in [1.165, 1.54) is 0 Å². The van der Waals surface area contributed by atoms with Crippen LogP contribution < -0.4 is 10.1 Å². The van der Waals surface area contributed by atoms with Gasteiger partial charge in [0.25, 0.3) is 0 Å². The maximum absolute atomic E-state index is 11.5. The molecule has 2 aromatic rings. The molecule has 0 aliphatic rings. The van der Waals surface area contributed by atoms with Gasteiger partial charge in [0, 0.05) is 11.3 Å². The minimum Gasteiger partial charge on any atom is -0.497 e. The molecule has 1 N–H and O–H groups in total. The van der Waals surface area contributed by atoms with Gasteiger partial charge in [-0.3, -0.25) is 5.32 Å². The predicted molar refractivity (Wildman–Crippen MR) is 81.3 cm³/mol. The summed E-state index contributed by atoms with van der Waals surface area (Å²) in [5.41, 5.74) is 1.52. The van der Waals surface area contributed by atoms with Gasteiger partial charge in [-0.05, 0) is 36.4 Å². The molecular weight excluding hydrogens is 266 g/mol. The van der Waals surface area contributed by atoms with Crippen molar-refractivity contribution in [2.24, 2.45) is 0 Å². The Kier molecular flexibility index (Phi) is 5.25. The molecule has 0 atom stereocenters. The summed E-state index contributed by atoms with van der Waals surface area (Å²) in [5.74, 6) is 6.42. The van der Waals surface area contributed by atoms with Gasteiger partial charge in [-0.25, -0.2) is 4.79 Å². The van der Waals surface area contributed by atoms with Gasteiger partial charge in [0.05, 0.1) is 7.11 Å². The fourth-order valence-corrected chi connectivity index (χ4v) is 1.59. The van der Waals surface area contributed by atoms with Crippen molar-refractivity contribution >= 4 is 11.8 Å². The van der Waals surface area contributed by atoms with Crippen molar-refractivity contribution in [3.8, 4) is 17.6 Å². The first-order valence-electron chi connectivity index (χ1n) is 6.39. The lowest BCUT2D eigenvalue weighted by Gasteiger charge is -2.05. The Morgan fingerprint density at radius 1 is 1.10 bits per heavy atom. The maximum Gasteiger partial charge on any atom is 0.412 e. The molecule has 0 saturated heterocycles. The number of amides is 1. The van der Waals surface area contributed by atoms with Crippen molar-refractivity contribution < 1.29 is 14.3 Å². The van der Waals surface area contributed by atoms with E-state index in [9.17, 15) is 4.79 Å². The Morgan fingerprint density at radius 2 is 1.81 bits per heavy atom. The highest BCUT2D eigenvalue weighted by Crippen LogP contribution is 2.14. The summed E-state index contributed by atoms with van der Waals surface area (Å²) in [4.78, 5) is 11.5. The van der Waals surface area contributed by atoms with E-state index >= 15 is 0 Å². The molecule has 21 heavy (non-hydrogen) atoms. The highest BCUT2D eigenvalue weighted by molar-refractivity contribution is 5.84. The number of hydrogen-bond donors (Lipinski definition) is 1. The summed E-state index contributed by atoms with van der Waals surface area (Å²) in [5, 5.41) is 2.61. The summed E-state index contributed by atoms with van der Waals surface area (Å²) < 4.78 is 10.0. The van der Waals surface area contributed by atoms with E-state index in [1.54, 1.807) is 31.4 Å². The molecule has 1 amide bonds. The van der Waals surface area contributed by atoms with Crippen LogP contribution in [0, 0.1) is 11.8 Å². The number of carbonyl (C=O) groups excluding carboxylic acids is 1. The van der Waals surface area contributed by atoms with Crippen molar-refractivity contribution in [2.45, 2.75) is 0 Å². The molecule has 0 bridgehead atoms. The van der Waals surface area contributed by atoms with E-state index < -0.39 is 6.09 Å². The second kappa shape index (κ2) is 7.61. The Morgan fingerprint density at radius 3 is 2.48 bits per heavy atom. The molecule has 0 saturated carbocycles. The number of hydrogen-bond acceptors (Lipinski definition) is 3. The lowest BCUT2D eigenvalue weighted by molar-refractivity contribution is 0.176. The van der Waals surface area contributed by atoms with Gasteiger partial charge in [0.1, 0.15) is 5.75 Å². The van der Waals surface area contributed by atoms with Crippen LogP contribution in [0.25, 0.3) is 0 Å². The van der Waals surface area contributed by atoms with Crippen molar-refractivity contribution in [1.82, 2.24) is 0 Å². The molecule has 4 heteroatoms. The summed E-state index contributed by atoms with van der Waals surface area (Å²) in [7, 11) is 1.59. The smallest absolute Gasteiger partial charge is 0.412 e. The normalized spacial score (nSPS) is 9.19. The van der Waals surface area contributed by atoms with E-state index in [0.717, 1.165) is 11.3 Å². The maximum atomic E-state index is 11.5. The third-order valence-electron chi connectivity index (χ3n) is 2.62. The molecule has 0 aromatic heterocycles. The first-order valence-corrected chi connectivity index (χ1v) is 6.39. The van der Waals surface area contributed by atoms with Gasteiger partial charge in [-0.1, -0.05) is 30.0 Å². The first-order chi connectivity index (χ1) is 10.3. The van der Waals surface area contributed by atoms with Crippen LogP contribution >= 0.6 is 0 Å². The molecule has 0 aliphatic heterocycles. The monoisotopic (exact) mass is 281 g/mol. The number of benzene rings is 2. The van der Waals surface area contributed by atoms with E-state index in [0.29, 0.717) is 5.69 Å². The molecule has 0 spiro atoms. The van der Waals surface area contributed by atoms with Crippen molar-refractivity contribution in [3.05, 3.63) is 60.2 Å². The van der Waals surface area contributed by atoms with Gasteiger partial charge in [0.15, 0.2) is 6.61 Å². The summed E-state index contributed by atoms with van der Waals surface area (Å²) in [6.07, 6.45) is -0.539. The molecule has 2 aromatic carbocycles. The molecule has 2 rings (SSSR count). The highest BCUT2D eigenvalue weighted by Gasteiger charge is 2.01. The summed E-state index contributed by atoms with van der Waals surface area (Å²) >= 11 is 0. The second-order valence-electron chi connectivity index (χ2n) is 4.10. The Hall–Kier alpha value is -2.93. The zero-order valence-electron chi connectivity index (χ0n) is 11.6. The number of nitrogens with one attached hydrogen (secondary N) is 1. The molecule has 0 radical (unpaired) electrons. The van der Waals surface area contributed by atoms with Crippen LogP contribution in [0.4, 0.5) is 10.5 Å². The zero-order chi connectivity index (χ0) is 14.9. The minimum atomic E-state index is -0.539. The van der Waals surface area contributed by atoms with Crippen LogP contribution in [-0.2, 0) is 4.74 Å². The van der Waals surface area contributed by atoms with Crippen molar-refractivity contribution in [2.75, 3.05) is 19.0 Å². The average molecular weight is 281 g/mol. The fourth-order valence-electron chi connectivity index (χ4n) is 1.59. The van der Waals surface area contributed by atoms with Crippen molar-refractivity contribution in [3.63, 3.8) is 0 Å². The topological polar surface area (TPSA) is 47.6 Å². The minimum absolute atomic E-state index is 0.0386. The van der Waals surface area contributed by atoms with E-state index in [4.69, 9.17) is 9.47 Å². The number of anilines is 1. The van der Waals surface area contributed by atoms with Gasteiger partial charge >= 0.3 is 6.09 Å². The zero-order valence-corrected chi connectivity index (χ0v) is 11.6. The van der Waals surface area contributed by atoms with Crippen LogP contribution in [0.3, 0.4) is 0 Å². The standard InChI is InChI=1S/C17H15NO3/c1-20-16-11-9-15(10-12-16)18-17(19)21-13-5-8-14-6-3-2-4-7-14/h2-4,6-7,9-12H,13H2,1H3,(H,18,19). The quantitative estimate of drug-likeness (QED) is 0.878. The molecule has 0 fully saturated rings. The molecule has 0 aliphatic carbocycles. The molecule has 0 heterocycles. The summed E-state index contributed by atoms with van der Waals surface area (Å²) in [6, 6.07) is 16.5. The molecule has 4 nitrogen and oxygen atoms in total. The highest BCUT2D eigenvalue weighted by atomic mass is 16.5. The number of rotatable bonds is 3. The van der Waals surface area contributed by atoms with E-state index in [2.05, 4.69) is 17.2 Å². The van der Waals surface area contributed by atoms with Gasteiger partial charge in [0.2, 0.25) is 0 Å². The van der Waals surface area contributed by atoms with Crippen LogP contribution in [0.1, 0.15) is 5.56 Å². The summed E-state index contributed by atoms with van der Waals surface area (Å²) in [6.45, 7) is 0.0386. The number of ether oxygens (including phenoxy) is 2. The third kappa shape index (κ3) is 4.92. The lowest BCUT2D eigenvalue weighted by Crippen LogP contribution is -2.13. The third-order valence-corrected chi connectivity index (χ3v) is 2.62. The molecule has 106 valence electrons. The first kappa shape index (κ1) is 14.5. The number of methoxy groups -OCH3 is 1. The van der Waals surface area contributed by atoms with E-state index in [-0.39, 0.29) is 6.61 Å². The largest absolute Gasteiger partial charge is 0.497 e. The van der Waals surface area contributed by atoms with Gasteiger partial charge < -0.3 is 9.47 Å². The van der Waals surface area contributed by atoms with Crippen LogP contribution in [0.2, 0.25) is 0 Å². The van der Waals surface area contributed by atoms with Gasteiger partial charge in [-0.15, -0.1) is 0 Å².